The van der Waals surface area contributed by atoms with E-state index < -0.39 is 29.7 Å². The van der Waals surface area contributed by atoms with E-state index in [0.717, 1.165) is 37.5 Å². The van der Waals surface area contributed by atoms with Crippen LogP contribution in [0.2, 0.25) is 0 Å². The molecule has 3 aliphatic rings. The number of nitrogens with zero attached hydrogens (tertiary/aromatic N) is 5. The number of nitrogens with one attached hydrogen (secondary N) is 1. The normalized spacial score (nSPS) is 17.8. The Morgan fingerprint density at radius 3 is 2.49 bits per heavy atom. The minimum atomic E-state index is -4.59. The maximum atomic E-state index is 13.1. The summed E-state index contributed by atoms with van der Waals surface area (Å²) in [7, 11) is 0. The molecule has 278 valence electrons. The van der Waals surface area contributed by atoms with Gasteiger partial charge in [-0.1, -0.05) is 24.0 Å². The van der Waals surface area contributed by atoms with E-state index in [1.165, 1.54) is 18.3 Å². The number of morpholine rings is 1. The SMILES string of the molecule is CC1N(c2cc(C#Cc3cccnc3C(F)(F)F)c[nH]c2=O)CCOC12COC2.FC(F)c1nc(N2CCCC2)c2oc3ccccc3c2n1.O=CO. The predicted octanol–water partition coefficient (Wildman–Crippen LogP) is 5.80. The standard InChI is InChI=1S/C20H18F3N3O3.C15H13F2N3O.CH2O2/c1-13-19(11-28-12-19)29-8-7-26(13)16-9-14(10-25-18(16)27)4-5-15-3-2-6-24-17(15)20(21,22)23;16-13(17)14-18-11-9-5-1-2-6-10(9)21-12(11)15(19-14)20-7-3-4-8-20;2-1-3/h2-3,6,9-10,13H,7-8,11-12H2,1H3,(H,25,27);1-2,5-6,13H,3-4,7-8H2;1H,(H,2,3). The van der Waals surface area contributed by atoms with Gasteiger partial charge < -0.3 is 33.8 Å². The van der Waals surface area contributed by atoms with Crippen molar-refractivity contribution in [2.24, 2.45) is 0 Å². The predicted molar refractivity (Wildman–Crippen MR) is 183 cm³/mol. The maximum Gasteiger partial charge on any atom is 0.434 e. The first-order chi connectivity index (χ1) is 25.5. The summed E-state index contributed by atoms with van der Waals surface area (Å²) in [5.74, 6) is 5.27. The third-order valence-corrected chi connectivity index (χ3v) is 9.07. The Bertz CT molecular complexity index is 2200. The fourth-order valence-electron chi connectivity index (χ4n) is 6.37. The molecule has 12 nitrogen and oxygen atoms in total. The minimum Gasteiger partial charge on any atom is -0.483 e. The molecule has 8 rings (SSSR count). The van der Waals surface area contributed by atoms with Crippen molar-refractivity contribution in [3.8, 4) is 11.8 Å². The molecule has 3 aliphatic heterocycles. The number of fused-ring (bicyclic) bond motifs is 3. The molecule has 17 heteroatoms. The summed E-state index contributed by atoms with van der Waals surface area (Å²) < 4.78 is 82.4. The van der Waals surface area contributed by atoms with Crippen molar-refractivity contribution in [2.75, 3.05) is 49.3 Å². The number of pyridine rings is 2. The quantitative estimate of drug-likeness (QED) is 0.132. The summed E-state index contributed by atoms with van der Waals surface area (Å²) in [6, 6.07) is 11.5. The smallest absolute Gasteiger partial charge is 0.434 e. The van der Waals surface area contributed by atoms with E-state index in [2.05, 4.69) is 31.8 Å². The van der Waals surface area contributed by atoms with Gasteiger partial charge in [0, 0.05) is 43.0 Å². The molecule has 0 aliphatic carbocycles. The largest absolute Gasteiger partial charge is 0.483 e. The fourth-order valence-corrected chi connectivity index (χ4v) is 6.37. The Balaban J connectivity index is 0.000000176. The fraction of sp³-hybridized carbons (Fsp3) is 0.361. The number of hydrogen-bond acceptors (Lipinski definition) is 10. The summed E-state index contributed by atoms with van der Waals surface area (Å²) in [6.07, 6.45) is -2.75. The third kappa shape index (κ3) is 7.78. The molecule has 7 heterocycles. The number of alkyl halides is 5. The van der Waals surface area contributed by atoms with Crippen LogP contribution in [0.1, 0.15) is 48.8 Å². The highest BCUT2D eigenvalue weighted by Gasteiger charge is 2.50. The van der Waals surface area contributed by atoms with Crippen molar-refractivity contribution >= 4 is 40.0 Å². The molecule has 0 radical (unpaired) electrons. The molecule has 1 spiro atoms. The molecule has 0 amide bonds. The van der Waals surface area contributed by atoms with Crippen LogP contribution < -0.4 is 15.4 Å². The van der Waals surface area contributed by atoms with E-state index in [9.17, 15) is 26.7 Å². The number of aromatic nitrogens is 4. The number of halogens is 5. The van der Waals surface area contributed by atoms with Crippen molar-refractivity contribution in [3.05, 3.63) is 87.9 Å². The third-order valence-electron chi connectivity index (χ3n) is 9.07. The van der Waals surface area contributed by atoms with Crippen LogP contribution in [-0.4, -0.2) is 82.6 Å². The number of hydrogen-bond donors (Lipinski definition) is 2. The summed E-state index contributed by atoms with van der Waals surface area (Å²) in [6.45, 7) is 5.23. The van der Waals surface area contributed by atoms with Crippen LogP contribution in [0, 0.1) is 11.8 Å². The van der Waals surface area contributed by atoms with Gasteiger partial charge in [0.15, 0.2) is 22.9 Å². The maximum absolute atomic E-state index is 13.1. The molecular weight excluding hydrogens is 707 g/mol. The lowest BCUT2D eigenvalue weighted by Crippen LogP contribution is -2.68. The van der Waals surface area contributed by atoms with Gasteiger partial charge in [-0.15, -0.1) is 0 Å². The topological polar surface area (TPSA) is 147 Å². The molecule has 4 aromatic heterocycles. The van der Waals surface area contributed by atoms with Gasteiger partial charge >= 0.3 is 6.18 Å². The molecule has 5 aromatic rings. The minimum absolute atomic E-state index is 0.0931. The van der Waals surface area contributed by atoms with Crippen LogP contribution in [0.25, 0.3) is 22.1 Å². The monoisotopic (exact) mass is 740 g/mol. The van der Waals surface area contributed by atoms with Gasteiger partial charge in [-0.25, -0.2) is 18.7 Å². The Labute approximate surface area is 298 Å². The highest BCUT2D eigenvalue weighted by molar-refractivity contribution is 6.05. The van der Waals surface area contributed by atoms with Crippen LogP contribution in [0.15, 0.2) is 64.1 Å². The first kappa shape index (κ1) is 37.2. The lowest BCUT2D eigenvalue weighted by atomic mass is 9.90. The number of aromatic amines is 1. The number of carbonyl (C=O) groups is 1. The number of anilines is 2. The molecule has 3 saturated heterocycles. The van der Waals surface area contributed by atoms with Crippen LogP contribution in [0.3, 0.4) is 0 Å². The van der Waals surface area contributed by atoms with Gasteiger partial charge in [0.25, 0.3) is 18.5 Å². The summed E-state index contributed by atoms with van der Waals surface area (Å²) in [5.41, 5.74) is 0.425. The lowest BCUT2D eigenvalue weighted by Gasteiger charge is -2.53. The zero-order valence-corrected chi connectivity index (χ0v) is 28.2. The van der Waals surface area contributed by atoms with Crippen molar-refractivity contribution < 1.29 is 45.7 Å². The Kier molecular flexibility index (Phi) is 10.9. The molecule has 53 heavy (non-hydrogen) atoms. The Morgan fingerprint density at radius 1 is 1.08 bits per heavy atom. The first-order valence-corrected chi connectivity index (χ1v) is 16.5. The van der Waals surface area contributed by atoms with Crippen LogP contribution in [-0.2, 0) is 20.4 Å². The van der Waals surface area contributed by atoms with Crippen LogP contribution >= 0.6 is 0 Å². The highest BCUT2D eigenvalue weighted by atomic mass is 19.4. The first-order valence-electron chi connectivity index (χ1n) is 16.5. The van der Waals surface area contributed by atoms with Crippen molar-refractivity contribution in [1.82, 2.24) is 19.9 Å². The van der Waals surface area contributed by atoms with Crippen molar-refractivity contribution in [2.45, 2.75) is 44.0 Å². The van der Waals surface area contributed by atoms with E-state index in [-0.39, 0.29) is 23.6 Å². The zero-order chi connectivity index (χ0) is 37.8. The summed E-state index contributed by atoms with van der Waals surface area (Å²) in [4.78, 5) is 38.8. The van der Waals surface area contributed by atoms with Gasteiger partial charge in [0.05, 0.1) is 31.4 Å². The van der Waals surface area contributed by atoms with Crippen molar-refractivity contribution in [3.63, 3.8) is 0 Å². The Morgan fingerprint density at radius 2 is 1.81 bits per heavy atom. The number of benzene rings is 1. The molecule has 0 saturated carbocycles. The number of para-hydroxylation sites is 1. The van der Waals surface area contributed by atoms with Crippen molar-refractivity contribution in [1.29, 1.82) is 0 Å². The van der Waals surface area contributed by atoms with E-state index in [0.29, 0.717) is 60.1 Å². The van der Waals surface area contributed by atoms with E-state index in [1.807, 2.05) is 41.0 Å². The second-order valence-electron chi connectivity index (χ2n) is 12.3. The highest BCUT2D eigenvalue weighted by Crippen LogP contribution is 2.36. The summed E-state index contributed by atoms with van der Waals surface area (Å²) in [5, 5.41) is 7.64. The number of rotatable bonds is 3. The van der Waals surface area contributed by atoms with E-state index in [1.54, 1.807) is 6.07 Å². The molecule has 1 unspecified atom stereocenters. The van der Waals surface area contributed by atoms with Gasteiger partial charge in [-0.2, -0.15) is 13.2 Å². The number of carboxylic acid groups (broad SMARTS) is 1. The molecular formula is C36H33F5N6O6. The molecule has 2 N–H and O–H groups in total. The molecule has 1 atom stereocenters. The van der Waals surface area contributed by atoms with Crippen LogP contribution in [0.5, 0.6) is 0 Å². The number of furan rings is 1. The van der Waals surface area contributed by atoms with E-state index >= 15 is 0 Å². The van der Waals surface area contributed by atoms with Crippen LogP contribution in [0.4, 0.5) is 33.5 Å². The average Bonchev–Trinajstić information content (AvgIpc) is 3.80. The molecule has 0 bridgehead atoms. The number of H-pyrrole nitrogens is 1. The van der Waals surface area contributed by atoms with Gasteiger partial charge in [0.1, 0.15) is 22.4 Å². The number of ether oxygens (including phenoxy) is 2. The Hall–Kier alpha value is -5.60. The van der Waals surface area contributed by atoms with E-state index in [4.69, 9.17) is 23.8 Å². The average molecular weight is 741 g/mol. The second-order valence-corrected chi connectivity index (χ2v) is 12.3. The zero-order valence-electron chi connectivity index (χ0n) is 28.2. The molecule has 3 fully saturated rings. The second kappa shape index (κ2) is 15.6. The summed E-state index contributed by atoms with van der Waals surface area (Å²) >= 11 is 0. The van der Waals surface area contributed by atoms with Gasteiger partial charge in [-0.3, -0.25) is 14.6 Å². The van der Waals surface area contributed by atoms with Gasteiger partial charge in [-0.05, 0) is 50.1 Å². The molecule has 1 aromatic carbocycles. The lowest BCUT2D eigenvalue weighted by molar-refractivity contribution is -0.228. The van der Waals surface area contributed by atoms with Gasteiger partial charge in [0.2, 0.25) is 0 Å².